The molecule has 6 heteroatoms. The fraction of sp³-hybridized carbons (Fsp3) is 0.471. The summed E-state index contributed by atoms with van der Waals surface area (Å²) >= 11 is 0. The van der Waals surface area contributed by atoms with Crippen molar-refractivity contribution < 1.29 is 19.1 Å². The lowest BCUT2D eigenvalue weighted by atomic mass is 9.85. The molecule has 2 aliphatic rings. The van der Waals surface area contributed by atoms with Crippen LogP contribution in [0.4, 0.5) is 0 Å². The van der Waals surface area contributed by atoms with Gasteiger partial charge in [-0.15, -0.1) is 0 Å². The van der Waals surface area contributed by atoms with Crippen molar-refractivity contribution in [3.8, 4) is 5.75 Å². The summed E-state index contributed by atoms with van der Waals surface area (Å²) < 4.78 is 5.56. The summed E-state index contributed by atoms with van der Waals surface area (Å²) in [6.45, 7) is 1.37. The van der Waals surface area contributed by atoms with Gasteiger partial charge in [-0.25, -0.2) is 0 Å². The van der Waals surface area contributed by atoms with Crippen molar-refractivity contribution in [2.75, 3.05) is 19.7 Å². The van der Waals surface area contributed by atoms with E-state index in [-0.39, 0.29) is 24.1 Å². The maximum atomic E-state index is 12.2. The Morgan fingerprint density at radius 2 is 2.04 bits per heavy atom. The van der Waals surface area contributed by atoms with Crippen LogP contribution >= 0.6 is 0 Å². The Kier molecular flexibility index (Phi) is 4.32. The molecule has 3 rings (SSSR count). The van der Waals surface area contributed by atoms with E-state index in [1.54, 1.807) is 4.90 Å². The molecule has 1 atom stereocenters. The number of carbonyl (C=O) groups excluding carboxylic acids is 3. The molecule has 0 radical (unpaired) electrons. The molecule has 1 aromatic carbocycles. The van der Waals surface area contributed by atoms with Gasteiger partial charge in [-0.2, -0.15) is 0 Å². The van der Waals surface area contributed by atoms with E-state index in [1.165, 1.54) is 0 Å². The van der Waals surface area contributed by atoms with Crippen molar-refractivity contribution in [2.24, 2.45) is 5.41 Å². The smallest absolute Gasteiger partial charge is 0.235 e. The lowest BCUT2D eigenvalue weighted by Crippen LogP contribution is -2.36. The topological polar surface area (TPSA) is 75.7 Å². The fourth-order valence-electron chi connectivity index (χ4n) is 3.19. The van der Waals surface area contributed by atoms with E-state index in [9.17, 15) is 14.4 Å². The lowest BCUT2D eigenvalue weighted by molar-refractivity contribution is -0.132. The molecule has 0 saturated carbocycles. The van der Waals surface area contributed by atoms with Gasteiger partial charge in [0, 0.05) is 25.9 Å². The molecule has 6 nitrogen and oxygen atoms in total. The van der Waals surface area contributed by atoms with Crippen LogP contribution in [-0.4, -0.2) is 42.3 Å². The van der Waals surface area contributed by atoms with Crippen LogP contribution in [0.5, 0.6) is 5.75 Å². The first kappa shape index (κ1) is 15.5. The lowest BCUT2D eigenvalue weighted by Gasteiger charge is -2.20. The number of hydrogen-bond donors (Lipinski definition) is 1. The van der Waals surface area contributed by atoms with Crippen molar-refractivity contribution in [3.63, 3.8) is 0 Å². The Bertz CT molecular complexity index is 616. The Morgan fingerprint density at radius 1 is 1.26 bits per heavy atom. The predicted molar refractivity (Wildman–Crippen MR) is 82.6 cm³/mol. The van der Waals surface area contributed by atoms with Gasteiger partial charge in [-0.1, -0.05) is 18.2 Å². The van der Waals surface area contributed by atoms with E-state index < -0.39 is 5.41 Å². The largest absolute Gasteiger partial charge is 0.494 e. The van der Waals surface area contributed by atoms with Crippen LogP contribution in [0.15, 0.2) is 30.3 Å². The molecule has 0 bridgehead atoms. The molecule has 0 aliphatic carbocycles. The molecule has 0 unspecified atom stereocenters. The molecule has 122 valence electrons. The molecule has 2 saturated heterocycles. The quantitative estimate of drug-likeness (QED) is 0.652. The molecule has 2 heterocycles. The van der Waals surface area contributed by atoms with Crippen molar-refractivity contribution in [1.82, 2.24) is 10.2 Å². The highest BCUT2D eigenvalue weighted by molar-refractivity contribution is 6.06. The van der Waals surface area contributed by atoms with Gasteiger partial charge in [0.15, 0.2) is 0 Å². The molecule has 1 N–H and O–H groups in total. The van der Waals surface area contributed by atoms with E-state index >= 15 is 0 Å². The average molecular weight is 316 g/mol. The first-order valence-electron chi connectivity index (χ1n) is 7.89. The second kappa shape index (κ2) is 6.40. The van der Waals surface area contributed by atoms with Crippen molar-refractivity contribution in [2.45, 2.75) is 25.7 Å². The first-order valence-corrected chi connectivity index (χ1v) is 7.89. The zero-order chi connectivity index (χ0) is 16.3. The molecule has 2 fully saturated rings. The number of imide groups is 1. The van der Waals surface area contributed by atoms with Gasteiger partial charge in [0.2, 0.25) is 17.7 Å². The molecule has 2 aliphatic heterocycles. The fourth-order valence-corrected chi connectivity index (χ4v) is 3.19. The summed E-state index contributed by atoms with van der Waals surface area (Å²) in [5.74, 6) is 0.345. The zero-order valence-corrected chi connectivity index (χ0v) is 12.9. The minimum Gasteiger partial charge on any atom is -0.494 e. The summed E-state index contributed by atoms with van der Waals surface area (Å²) in [7, 11) is 0. The predicted octanol–water partition coefficient (Wildman–Crippen LogP) is 1.11. The number of hydrogen-bond acceptors (Lipinski definition) is 4. The van der Waals surface area contributed by atoms with Crippen LogP contribution in [0.3, 0.4) is 0 Å². The van der Waals surface area contributed by atoms with Gasteiger partial charge in [-0.05, 0) is 25.0 Å². The number of amides is 3. The third-order valence-corrected chi connectivity index (χ3v) is 4.49. The van der Waals surface area contributed by atoms with Gasteiger partial charge in [0.05, 0.1) is 12.0 Å². The Morgan fingerprint density at radius 3 is 2.74 bits per heavy atom. The zero-order valence-electron chi connectivity index (χ0n) is 12.9. The minimum atomic E-state index is -0.687. The molecule has 3 amide bonds. The number of benzene rings is 1. The monoisotopic (exact) mass is 316 g/mol. The van der Waals surface area contributed by atoms with Crippen molar-refractivity contribution in [1.29, 1.82) is 0 Å². The van der Waals surface area contributed by atoms with Crippen LogP contribution in [-0.2, 0) is 14.4 Å². The highest BCUT2D eigenvalue weighted by Gasteiger charge is 2.51. The Hall–Kier alpha value is -2.37. The summed E-state index contributed by atoms with van der Waals surface area (Å²) in [4.78, 5) is 37.2. The van der Waals surface area contributed by atoms with Gasteiger partial charge in [-0.3, -0.25) is 19.7 Å². The summed E-state index contributed by atoms with van der Waals surface area (Å²) in [5.41, 5.74) is -0.687. The number of ether oxygens (including phenoxy) is 1. The summed E-state index contributed by atoms with van der Waals surface area (Å²) in [6.07, 6.45) is 1.78. The number of likely N-dealkylation sites (tertiary alicyclic amines) is 1. The van der Waals surface area contributed by atoms with E-state index in [0.717, 1.165) is 5.75 Å². The normalized spacial score (nSPS) is 23.4. The van der Waals surface area contributed by atoms with E-state index in [2.05, 4.69) is 5.32 Å². The van der Waals surface area contributed by atoms with E-state index in [4.69, 9.17) is 4.74 Å². The standard InChI is InChI=1S/C17H20N2O4/c20-14-11-17(16(22)18-14)8-9-19(12-17)15(21)7-4-10-23-13-5-2-1-3-6-13/h1-3,5-6H,4,7-12H2,(H,18,20,22)/t17-/m1/s1. The van der Waals surface area contributed by atoms with Gasteiger partial charge >= 0.3 is 0 Å². The molecule has 23 heavy (non-hydrogen) atoms. The van der Waals surface area contributed by atoms with Gasteiger partial charge < -0.3 is 9.64 Å². The third kappa shape index (κ3) is 3.36. The number of para-hydroxylation sites is 1. The van der Waals surface area contributed by atoms with Crippen LogP contribution < -0.4 is 10.1 Å². The molecular weight excluding hydrogens is 296 g/mol. The minimum absolute atomic E-state index is 0.0192. The van der Waals surface area contributed by atoms with Crippen LogP contribution in [0, 0.1) is 5.41 Å². The Labute approximate surface area is 134 Å². The molecular formula is C17H20N2O4. The molecule has 1 spiro atoms. The molecule has 0 aromatic heterocycles. The summed E-state index contributed by atoms with van der Waals surface area (Å²) in [6, 6.07) is 9.48. The second-order valence-electron chi connectivity index (χ2n) is 6.16. The highest BCUT2D eigenvalue weighted by Crippen LogP contribution is 2.37. The Balaban J connectivity index is 1.43. The van der Waals surface area contributed by atoms with Crippen LogP contribution in [0.2, 0.25) is 0 Å². The summed E-state index contributed by atoms with van der Waals surface area (Å²) in [5, 5.41) is 2.34. The highest BCUT2D eigenvalue weighted by atomic mass is 16.5. The number of nitrogens with zero attached hydrogens (tertiary/aromatic N) is 1. The van der Waals surface area contributed by atoms with Crippen molar-refractivity contribution >= 4 is 17.7 Å². The molecule has 1 aromatic rings. The maximum absolute atomic E-state index is 12.2. The van der Waals surface area contributed by atoms with E-state index in [1.807, 2.05) is 30.3 Å². The van der Waals surface area contributed by atoms with Crippen molar-refractivity contribution in [3.05, 3.63) is 30.3 Å². The SMILES string of the molecule is O=C1C[C@@]2(CCN(C(=O)CCCOc3ccccc3)C2)C(=O)N1. The average Bonchev–Trinajstić information content (AvgIpc) is 3.09. The number of rotatable bonds is 5. The first-order chi connectivity index (χ1) is 11.1. The third-order valence-electron chi connectivity index (χ3n) is 4.49. The van der Waals surface area contributed by atoms with Crippen LogP contribution in [0.25, 0.3) is 0 Å². The van der Waals surface area contributed by atoms with E-state index in [0.29, 0.717) is 39.0 Å². The van der Waals surface area contributed by atoms with Crippen LogP contribution in [0.1, 0.15) is 25.7 Å². The van der Waals surface area contributed by atoms with Gasteiger partial charge in [0.1, 0.15) is 5.75 Å². The number of carbonyl (C=O) groups is 3. The maximum Gasteiger partial charge on any atom is 0.235 e. The number of nitrogens with one attached hydrogen (secondary N) is 1. The second-order valence-corrected chi connectivity index (χ2v) is 6.16. The van der Waals surface area contributed by atoms with Gasteiger partial charge in [0.25, 0.3) is 0 Å².